The van der Waals surface area contributed by atoms with Crippen molar-refractivity contribution in [2.75, 3.05) is 12.0 Å². The molecule has 4 heterocycles. The highest BCUT2D eigenvalue weighted by Crippen LogP contribution is 2.46. The quantitative estimate of drug-likeness (QED) is 0.200. The fourth-order valence-corrected chi connectivity index (χ4v) is 5.59. The topological polar surface area (TPSA) is 111 Å². The number of hydrogen-bond acceptors (Lipinski definition) is 8. The first-order valence-corrected chi connectivity index (χ1v) is 14.8. The molecule has 1 N–H and O–H groups in total. The zero-order chi connectivity index (χ0) is 30.7. The molecule has 228 valence electrons. The molecule has 0 aliphatic heterocycles. The van der Waals surface area contributed by atoms with Gasteiger partial charge in [0, 0.05) is 36.3 Å². The van der Waals surface area contributed by atoms with E-state index in [-0.39, 0.29) is 12.1 Å². The van der Waals surface area contributed by atoms with Gasteiger partial charge in [0.15, 0.2) is 23.0 Å². The molecule has 0 unspecified atom stereocenters. The second-order valence-electron chi connectivity index (χ2n) is 11.8. The van der Waals surface area contributed by atoms with Crippen LogP contribution in [0.25, 0.3) is 33.9 Å². The van der Waals surface area contributed by atoms with Gasteiger partial charge in [0.1, 0.15) is 29.1 Å². The first kappa shape index (κ1) is 28.2. The highest BCUT2D eigenvalue weighted by atomic mass is 19.4. The highest BCUT2D eigenvalue weighted by molar-refractivity contribution is 5.86. The van der Waals surface area contributed by atoms with Crippen LogP contribution in [-0.2, 0) is 12.7 Å². The fourth-order valence-electron chi connectivity index (χ4n) is 5.59. The number of aryl methyl sites for hydroxylation is 1. The Balaban J connectivity index is 1.27. The van der Waals surface area contributed by atoms with Crippen LogP contribution in [0, 0.1) is 6.92 Å². The van der Waals surface area contributed by atoms with Crippen LogP contribution in [0.2, 0.25) is 0 Å². The minimum absolute atomic E-state index is 0.181. The van der Waals surface area contributed by atoms with Gasteiger partial charge in [0.25, 0.3) is 0 Å². The van der Waals surface area contributed by atoms with Crippen LogP contribution in [0.4, 0.5) is 19.0 Å². The molecule has 0 bridgehead atoms. The zero-order valence-corrected chi connectivity index (χ0v) is 24.9. The van der Waals surface area contributed by atoms with E-state index in [9.17, 15) is 13.2 Å². The van der Waals surface area contributed by atoms with E-state index in [1.54, 1.807) is 11.7 Å². The average molecular weight is 604 g/mol. The number of H-pyrrole nitrogens is 1. The second-order valence-corrected chi connectivity index (χ2v) is 11.8. The van der Waals surface area contributed by atoms with Crippen molar-refractivity contribution < 1.29 is 17.9 Å². The Bertz CT molecular complexity index is 1840. The molecular formula is C31H32F3N9O. The molecule has 0 saturated heterocycles. The van der Waals surface area contributed by atoms with Gasteiger partial charge in [-0.1, -0.05) is 24.3 Å². The number of aromatic amines is 1. The molecule has 2 aliphatic rings. The Morgan fingerprint density at radius 2 is 1.77 bits per heavy atom. The van der Waals surface area contributed by atoms with Gasteiger partial charge >= 0.3 is 6.18 Å². The molecular weight excluding hydrogens is 571 g/mol. The van der Waals surface area contributed by atoms with E-state index in [1.165, 1.54) is 6.33 Å². The number of imidazole rings is 2. The molecule has 4 aromatic heterocycles. The van der Waals surface area contributed by atoms with Gasteiger partial charge in [-0.25, -0.2) is 29.9 Å². The predicted octanol–water partition coefficient (Wildman–Crippen LogP) is 6.64. The molecule has 2 fully saturated rings. The van der Waals surface area contributed by atoms with Crippen LogP contribution in [0.1, 0.15) is 74.3 Å². The summed E-state index contributed by atoms with van der Waals surface area (Å²) in [6, 6.07) is 7.63. The Kier molecular flexibility index (Phi) is 6.78. The van der Waals surface area contributed by atoms with E-state index in [0.29, 0.717) is 46.8 Å². The monoisotopic (exact) mass is 603 g/mol. The number of benzene rings is 1. The molecule has 2 aliphatic carbocycles. The molecule has 44 heavy (non-hydrogen) atoms. The third-order valence-electron chi connectivity index (χ3n) is 8.08. The first-order chi connectivity index (χ1) is 21.1. The third-order valence-corrected chi connectivity index (χ3v) is 8.08. The minimum atomic E-state index is -4.51. The Hall–Kier alpha value is -4.55. The maximum Gasteiger partial charge on any atom is 0.434 e. The van der Waals surface area contributed by atoms with Gasteiger partial charge in [-0.3, -0.25) is 0 Å². The summed E-state index contributed by atoms with van der Waals surface area (Å²) in [7, 11) is 1.58. The van der Waals surface area contributed by atoms with E-state index in [0.717, 1.165) is 60.3 Å². The predicted molar refractivity (Wildman–Crippen MR) is 158 cm³/mol. The van der Waals surface area contributed by atoms with Crippen molar-refractivity contribution in [3.8, 4) is 28.7 Å². The van der Waals surface area contributed by atoms with Crippen molar-refractivity contribution in [1.82, 2.24) is 39.5 Å². The van der Waals surface area contributed by atoms with Crippen LogP contribution in [0.3, 0.4) is 0 Å². The number of aromatic nitrogens is 8. The summed E-state index contributed by atoms with van der Waals surface area (Å²) >= 11 is 0. The summed E-state index contributed by atoms with van der Waals surface area (Å²) in [5.74, 6) is 2.97. The van der Waals surface area contributed by atoms with Crippen molar-refractivity contribution >= 4 is 17.0 Å². The number of rotatable bonds is 9. The lowest BCUT2D eigenvalue weighted by atomic mass is 10.1. The second kappa shape index (κ2) is 10.6. The summed E-state index contributed by atoms with van der Waals surface area (Å²) in [4.78, 5) is 33.1. The molecule has 2 saturated carbocycles. The van der Waals surface area contributed by atoms with Crippen molar-refractivity contribution in [3.63, 3.8) is 0 Å². The summed E-state index contributed by atoms with van der Waals surface area (Å²) in [6.45, 7) is 6.11. The molecule has 1 aromatic carbocycles. The number of nitrogens with zero attached hydrogens (tertiary/aromatic N) is 8. The van der Waals surface area contributed by atoms with Crippen LogP contribution in [0.15, 0.2) is 36.8 Å². The van der Waals surface area contributed by atoms with Gasteiger partial charge in [-0.15, -0.1) is 0 Å². The molecule has 5 aromatic rings. The lowest BCUT2D eigenvalue weighted by Gasteiger charge is -2.25. The maximum absolute atomic E-state index is 13.5. The van der Waals surface area contributed by atoms with Crippen LogP contribution >= 0.6 is 0 Å². The van der Waals surface area contributed by atoms with E-state index >= 15 is 0 Å². The summed E-state index contributed by atoms with van der Waals surface area (Å²) in [5.41, 5.74) is 3.60. The van der Waals surface area contributed by atoms with Crippen molar-refractivity contribution in [3.05, 3.63) is 59.6 Å². The van der Waals surface area contributed by atoms with Gasteiger partial charge < -0.3 is 19.2 Å². The summed E-state index contributed by atoms with van der Waals surface area (Å²) in [6.07, 6.45) is 2.21. The molecule has 0 atom stereocenters. The van der Waals surface area contributed by atoms with Crippen molar-refractivity contribution in [2.24, 2.45) is 0 Å². The molecule has 7 rings (SSSR count). The number of anilines is 1. The van der Waals surface area contributed by atoms with E-state index in [2.05, 4.69) is 29.8 Å². The number of hydrogen-bond donors (Lipinski definition) is 1. The molecule has 0 radical (unpaired) electrons. The first-order valence-electron chi connectivity index (χ1n) is 14.8. The Labute approximate surface area is 251 Å². The van der Waals surface area contributed by atoms with E-state index < -0.39 is 11.9 Å². The Morgan fingerprint density at radius 1 is 1.02 bits per heavy atom. The van der Waals surface area contributed by atoms with E-state index in [4.69, 9.17) is 14.7 Å². The van der Waals surface area contributed by atoms with Crippen LogP contribution < -0.4 is 9.64 Å². The SMILES string of the molecule is COc1ncnc(C2CC2)c1-c1nc(N(Cc2ccc(-c3nc(C(F)(F)F)cn3C(C)C)cc2)C2CC2)c2[nH]c(C)nc2n1. The summed E-state index contributed by atoms with van der Waals surface area (Å²) < 4.78 is 47.6. The smallest absolute Gasteiger partial charge is 0.434 e. The highest BCUT2D eigenvalue weighted by Gasteiger charge is 2.36. The standard InChI is InChI=1S/C31H32F3N9O/c1-16(2)42-14-22(31(32,33)34)39-28(42)20-7-5-18(6-8-20)13-43(21-11-12-21)29-25-27(38-17(3)37-25)40-26(41-29)23-24(19-9-10-19)35-15-36-30(23)44-4/h5-8,14-16,19,21H,9-13H2,1-4H3,(H,37,38,40,41). The third kappa shape index (κ3) is 5.24. The number of halogens is 3. The molecule has 0 amide bonds. The van der Waals surface area contributed by atoms with Gasteiger partial charge in [0.2, 0.25) is 5.88 Å². The molecule has 0 spiro atoms. The zero-order valence-electron chi connectivity index (χ0n) is 24.9. The van der Waals surface area contributed by atoms with Gasteiger partial charge in [-0.2, -0.15) is 13.2 Å². The molecule has 13 heteroatoms. The lowest BCUT2D eigenvalue weighted by molar-refractivity contribution is -0.140. The molecule has 10 nitrogen and oxygen atoms in total. The number of alkyl halides is 3. The number of methoxy groups -OCH3 is 1. The van der Waals surface area contributed by atoms with Gasteiger partial charge in [-0.05, 0) is 52.0 Å². The number of nitrogens with one attached hydrogen (secondary N) is 1. The fraction of sp³-hybridized carbons (Fsp3) is 0.419. The van der Waals surface area contributed by atoms with Crippen molar-refractivity contribution in [2.45, 2.75) is 77.2 Å². The normalized spacial score (nSPS) is 15.4. The van der Waals surface area contributed by atoms with Crippen LogP contribution in [-0.4, -0.2) is 52.6 Å². The number of ether oxygens (including phenoxy) is 1. The Morgan fingerprint density at radius 3 is 2.41 bits per heavy atom. The van der Waals surface area contributed by atoms with Crippen LogP contribution in [0.5, 0.6) is 5.88 Å². The van der Waals surface area contributed by atoms with Crippen molar-refractivity contribution in [1.29, 1.82) is 0 Å². The average Bonchev–Trinajstić information content (AvgIpc) is 3.93. The lowest BCUT2D eigenvalue weighted by Crippen LogP contribution is -2.26. The maximum atomic E-state index is 13.5. The number of fused-ring (bicyclic) bond motifs is 1. The van der Waals surface area contributed by atoms with E-state index in [1.807, 2.05) is 45.0 Å². The largest absolute Gasteiger partial charge is 0.480 e. The van der Waals surface area contributed by atoms with Gasteiger partial charge in [0.05, 0.1) is 12.8 Å². The summed E-state index contributed by atoms with van der Waals surface area (Å²) in [5, 5.41) is 0. The minimum Gasteiger partial charge on any atom is -0.480 e.